The largest absolute Gasteiger partial charge is 0.355 e. The number of likely N-dealkylation sites (N-methyl/N-ethyl adjacent to an activating group) is 1. The summed E-state index contributed by atoms with van der Waals surface area (Å²) in [7, 11) is 0. The summed E-state index contributed by atoms with van der Waals surface area (Å²) in [5.74, 6) is -2.91. The number of carbonyl (C=O) groups excluding carboxylic acids is 5. The van der Waals surface area contributed by atoms with Crippen LogP contribution in [0.2, 0.25) is 0 Å². The minimum absolute atomic E-state index is 0.267. The molecule has 2 N–H and O–H groups in total. The zero-order valence-corrected chi connectivity index (χ0v) is 13.8. The van der Waals surface area contributed by atoms with Crippen molar-refractivity contribution in [2.75, 3.05) is 13.1 Å². The van der Waals surface area contributed by atoms with Crippen LogP contribution in [0.5, 0.6) is 0 Å². The monoisotopic (exact) mass is 338 g/mol. The number of nitrogens with one attached hydrogen (secondary N) is 2. The van der Waals surface area contributed by atoms with E-state index in [2.05, 4.69) is 10.6 Å². The molecular formula is C15H22N4O5. The first-order valence-electron chi connectivity index (χ1n) is 8.12. The molecule has 1 aliphatic carbocycles. The van der Waals surface area contributed by atoms with Crippen molar-refractivity contribution in [1.29, 1.82) is 0 Å². The van der Waals surface area contributed by atoms with Crippen LogP contribution in [0.3, 0.4) is 0 Å². The van der Waals surface area contributed by atoms with Gasteiger partial charge in [-0.25, -0.2) is 9.69 Å². The summed E-state index contributed by atoms with van der Waals surface area (Å²) in [5.41, 5.74) is 0. The molecule has 1 heterocycles. The lowest BCUT2D eigenvalue weighted by molar-refractivity contribution is -0.144. The molecule has 1 atom stereocenters. The van der Waals surface area contributed by atoms with Crippen molar-refractivity contribution in [3.63, 3.8) is 0 Å². The van der Waals surface area contributed by atoms with E-state index in [-0.39, 0.29) is 11.9 Å². The highest BCUT2D eigenvalue weighted by Crippen LogP contribution is 2.27. The Kier molecular flexibility index (Phi) is 5.53. The first kappa shape index (κ1) is 17.9. The van der Waals surface area contributed by atoms with Crippen LogP contribution in [0.15, 0.2) is 0 Å². The lowest BCUT2D eigenvalue weighted by Crippen LogP contribution is -2.49. The van der Waals surface area contributed by atoms with Crippen molar-refractivity contribution in [3.8, 4) is 0 Å². The van der Waals surface area contributed by atoms with Gasteiger partial charge in [0.2, 0.25) is 11.8 Å². The van der Waals surface area contributed by atoms with Crippen LogP contribution < -0.4 is 10.6 Å². The van der Waals surface area contributed by atoms with Gasteiger partial charge in [-0.2, -0.15) is 0 Å². The van der Waals surface area contributed by atoms with Crippen LogP contribution in [0.25, 0.3) is 0 Å². The van der Waals surface area contributed by atoms with Gasteiger partial charge in [-0.05, 0) is 26.7 Å². The molecule has 24 heavy (non-hydrogen) atoms. The predicted octanol–water partition coefficient (Wildman–Crippen LogP) is -0.639. The lowest BCUT2D eigenvalue weighted by Gasteiger charge is -2.21. The van der Waals surface area contributed by atoms with E-state index in [0.717, 1.165) is 17.7 Å². The van der Waals surface area contributed by atoms with Crippen molar-refractivity contribution in [2.45, 2.75) is 51.6 Å². The van der Waals surface area contributed by atoms with E-state index in [0.29, 0.717) is 24.3 Å². The highest BCUT2D eigenvalue weighted by atomic mass is 16.2. The summed E-state index contributed by atoms with van der Waals surface area (Å²) >= 11 is 0. The summed E-state index contributed by atoms with van der Waals surface area (Å²) in [6.45, 7) is 3.09. The van der Waals surface area contributed by atoms with Crippen LogP contribution in [-0.2, 0) is 19.2 Å². The van der Waals surface area contributed by atoms with E-state index >= 15 is 0 Å². The lowest BCUT2D eigenvalue weighted by atomic mass is 10.2. The molecule has 0 aromatic heterocycles. The molecule has 1 saturated heterocycles. The fourth-order valence-electron chi connectivity index (χ4n) is 2.97. The van der Waals surface area contributed by atoms with Gasteiger partial charge in [-0.1, -0.05) is 12.8 Å². The molecule has 1 aliphatic heterocycles. The maximum Gasteiger partial charge on any atom is 0.334 e. The second-order valence-electron chi connectivity index (χ2n) is 5.97. The fraction of sp³-hybridized carbons (Fsp3) is 0.667. The molecule has 2 aliphatic rings. The number of urea groups is 1. The normalized spacial score (nSPS) is 19.8. The van der Waals surface area contributed by atoms with Crippen molar-refractivity contribution in [3.05, 3.63) is 0 Å². The Labute approximate surface area is 139 Å². The van der Waals surface area contributed by atoms with E-state index in [4.69, 9.17) is 0 Å². The highest BCUT2D eigenvalue weighted by Gasteiger charge is 2.48. The molecule has 0 aromatic rings. The number of hydrogen-bond donors (Lipinski definition) is 2. The molecule has 1 saturated carbocycles. The third-order valence-corrected chi connectivity index (χ3v) is 4.20. The highest BCUT2D eigenvalue weighted by molar-refractivity contribution is 6.45. The zero-order valence-electron chi connectivity index (χ0n) is 13.8. The maximum atomic E-state index is 12.3. The van der Waals surface area contributed by atoms with E-state index < -0.39 is 36.3 Å². The van der Waals surface area contributed by atoms with Gasteiger partial charge < -0.3 is 10.6 Å². The third-order valence-electron chi connectivity index (χ3n) is 4.20. The van der Waals surface area contributed by atoms with Gasteiger partial charge in [0.1, 0.15) is 12.6 Å². The standard InChI is InChI=1S/C15H22N4O5/c1-3-16-12(21)9(2)17-11(20)8-18-13(22)14(23)19(15(18)24)10-6-4-5-7-10/h9-10H,3-8H2,1-2H3,(H,16,21)(H,17,20)/t9-/m0/s1. The Morgan fingerprint density at radius 2 is 1.79 bits per heavy atom. The summed E-state index contributed by atoms with van der Waals surface area (Å²) in [4.78, 5) is 61.5. The van der Waals surface area contributed by atoms with Crippen molar-refractivity contribution in [2.24, 2.45) is 0 Å². The molecule has 9 heteroatoms. The first-order valence-corrected chi connectivity index (χ1v) is 8.12. The molecule has 132 valence electrons. The number of nitrogens with zero attached hydrogens (tertiary/aromatic N) is 2. The van der Waals surface area contributed by atoms with Crippen molar-refractivity contribution < 1.29 is 24.0 Å². The second-order valence-corrected chi connectivity index (χ2v) is 5.97. The molecule has 6 amide bonds. The average Bonchev–Trinajstić information content (AvgIpc) is 3.11. The molecule has 0 bridgehead atoms. The van der Waals surface area contributed by atoms with E-state index in [9.17, 15) is 24.0 Å². The Bertz CT molecular complexity index is 570. The maximum absolute atomic E-state index is 12.3. The fourth-order valence-corrected chi connectivity index (χ4v) is 2.97. The SMILES string of the molecule is CCNC(=O)[C@H](C)NC(=O)CN1C(=O)C(=O)N(C2CCCC2)C1=O. The van der Waals surface area contributed by atoms with Crippen molar-refractivity contribution in [1.82, 2.24) is 20.4 Å². The Morgan fingerprint density at radius 3 is 2.38 bits per heavy atom. The number of carbonyl (C=O) groups is 5. The topological polar surface area (TPSA) is 116 Å². The number of amides is 6. The average molecular weight is 338 g/mol. The van der Waals surface area contributed by atoms with Crippen LogP contribution in [0, 0.1) is 0 Å². The first-order chi connectivity index (χ1) is 11.4. The van der Waals surface area contributed by atoms with Crippen LogP contribution in [0.4, 0.5) is 4.79 Å². The molecule has 2 rings (SSSR count). The van der Waals surface area contributed by atoms with Crippen LogP contribution in [-0.4, -0.2) is 64.6 Å². The molecular weight excluding hydrogens is 316 g/mol. The summed E-state index contributed by atoms with van der Waals surface area (Å²) in [6, 6.07) is -1.82. The Balaban J connectivity index is 1.97. The Morgan fingerprint density at radius 1 is 1.17 bits per heavy atom. The minimum atomic E-state index is -0.993. The van der Waals surface area contributed by atoms with Gasteiger partial charge in [0.05, 0.1) is 0 Å². The van der Waals surface area contributed by atoms with E-state index in [1.807, 2.05) is 0 Å². The van der Waals surface area contributed by atoms with Crippen LogP contribution in [0.1, 0.15) is 39.5 Å². The van der Waals surface area contributed by atoms with Gasteiger partial charge in [0, 0.05) is 12.6 Å². The van der Waals surface area contributed by atoms with E-state index in [1.54, 1.807) is 6.92 Å². The number of imide groups is 2. The molecule has 0 aromatic carbocycles. The molecule has 0 radical (unpaired) electrons. The molecule has 0 spiro atoms. The number of rotatable bonds is 6. The zero-order chi connectivity index (χ0) is 17.9. The van der Waals surface area contributed by atoms with Crippen molar-refractivity contribution >= 4 is 29.7 Å². The molecule has 9 nitrogen and oxygen atoms in total. The molecule has 2 fully saturated rings. The quantitative estimate of drug-likeness (QED) is 0.494. The van der Waals surface area contributed by atoms with Gasteiger partial charge in [-0.3, -0.25) is 24.1 Å². The van der Waals surface area contributed by atoms with Gasteiger partial charge in [0.25, 0.3) is 0 Å². The molecule has 0 unspecified atom stereocenters. The van der Waals surface area contributed by atoms with Gasteiger partial charge in [0.15, 0.2) is 0 Å². The summed E-state index contributed by atoms with van der Waals surface area (Å²) in [6.07, 6.45) is 3.17. The van der Waals surface area contributed by atoms with Crippen LogP contribution >= 0.6 is 0 Å². The predicted molar refractivity (Wildman–Crippen MR) is 82.5 cm³/mol. The van der Waals surface area contributed by atoms with Gasteiger partial charge in [-0.15, -0.1) is 0 Å². The Hall–Kier alpha value is -2.45. The van der Waals surface area contributed by atoms with Gasteiger partial charge >= 0.3 is 17.8 Å². The number of hydrogen-bond acceptors (Lipinski definition) is 5. The third kappa shape index (κ3) is 3.55. The summed E-state index contributed by atoms with van der Waals surface area (Å²) < 4.78 is 0. The second kappa shape index (κ2) is 7.41. The minimum Gasteiger partial charge on any atom is -0.355 e. The summed E-state index contributed by atoms with van der Waals surface area (Å²) in [5, 5.41) is 4.95. The van der Waals surface area contributed by atoms with E-state index in [1.165, 1.54) is 6.92 Å². The smallest absolute Gasteiger partial charge is 0.334 e.